The molecule has 4 aromatic carbocycles. The standard InChI is InChI=1S/C31H30N2/c1-5-25-14-10-11-18-30(25)31(6-2)33(27-15-8-7-9-16-27)28-21-19-26(20-22-28)32(4)29-17-12-13-24(3)23-29/h5-23H,1H2,2-4H3/b31-6+. The first-order chi connectivity index (χ1) is 16.1. The van der Waals surface area contributed by atoms with E-state index < -0.39 is 0 Å². The van der Waals surface area contributed by atoms with Gasteiger partial charge in [0.1, 0.15) is 0 Å². The van der Waals surface area contributed by atoms with Gasteiger partial charge in [0.05, 0.1) is 0 Å². The lowest BCUT2D eigenvalue weighted by Crippen LogP contribution is -2.16. The molecule has 4 aromatic rings. The second-order valence-corrected chi connectivity index (χ2v) is 8.05. The van der Waals surface area contributed by atoms with Crippen molar-refractivity contribution >= 4 is 34.5 Å². The molecule has 0 spiro atoms. The fraction of sp³-hybridized carbons (Fsp3) is 0.0968. The van der Waals surface area contributed by atoms with E-state index in [0.29, 0.717) is 0 Å². The molecule has 0 heterocycles. The largest absolute Gasteiger partial charge is 0.345 e. The van der Waals surface area contributed by atoms with Crippen molar-refractivity contribution < 1.29 is 0 Å². The van der Waals surface area contributed by atoms with E-state index in [4.69, 9.17) is 0 Å². The van der Waals surface area contributed by atoms with Crippen LogP contribution >= 0.6 is 0 Å². The highest BCUT2D eigenvalue weighted by Crippen LogP contribution is 2.37. The van der Waals surface area contributed by atoms with Gasteiger partial charge in [0.15, 0.2) is 0 Å². The lowest BCUT2D eigenvalue weighted by molar-refractivity contribution is 1.20. The summed E-state index contributed by atoms with van der Waals surface area (Å²) in [4.78, 5) is 4.52. The van der Waals surface area contributed by atoms with Gasteiger partial charge in [-0.3, -0.25) is 0 Å². The van der Waals surface area contributed by atoms with Gasteiger partial charge >= 0.3 is 0 Å². The third kappa shape index (κ3) is 4.75. The van der Waals surface area contributed by atoms with Crippen molar-refractivity contribution in [3.05, 3.63) is 132 Å². The average molecular weight is 431 g/mol. The van der Waals surface area contributed by atoms with Gasteiger partial charge in [-0.25, -0.2) is 0 Å². The molecule has 0 amide bonds. The number of nitrogens with zero attached hydrogens (tertiary/aromatic N) is 2. The van der Waals surface area contributed by atoms with Gasteiger partial charge in [0.25, 0.3) is 0 Å². The Labute approximate surface area is 197 Å². The Hall–Kier alpha value is -4.04. The monoisotopic (exact) mass is 430 g/mol. The smallest absolute Gasteiger partial charge is 0.0497 e. The zero-order valence-corrected chi connectivity index (χ0v) is 19.6. The zero-order chi connectivity index (χ0) is 23.2. The first-order valence-electron chi connectivity index (χ1n) is 11.3. The highest BCUT2D eigenvalue weighted by Gasteiger charge is 2.18. The molecule has 0 aromatic heterocycles. The van der Waals surface area contributed by atoms with Crippen LogP contribution in [0.4, 0.5) is 22.7 Å². The van der Waals surface area contributed by atoms with Crippen molar-refractivity contribution in [1.82, 2.24) is 0 Å². The summed E-state index contributed by atoms with van der Waals surface area (Å²) in [5.74, 6) is 0. The van der Waals surface area contributed by atoms with Crippen LogP contribution in [0.25, 0.3) is 11.8 Å². The first-order valence-corrected chi connectivity index (χ1v) is 11.3. The van der Waals surface area contributed by atoms with Crippen LogP contribution in [0.15, 0.2) is 116 Å². The van der Waals surface area contributed by atoms with E-state index >= 15 is 0 Å². The molecule has 164 valence electrons. The van der Waals surface area contributed by atoms with Crippen LogP contribution in [0.2, 0.25) is 0 Å². The van der Waals surface area contributed by atoms with Gasteiger partial charge < -0.3 is 9.80 Å². The molecule has 4 rings (SSSR count). The van der Waals surface area contributed by atoms with E-state index in [9.17, 15) is 0 Å². The lowest BCUT2D eigenvalue weighted by Gasteiger charge is -2.29. The third-order valence-corrected chi connectivity index (χ3v) is 5.87. The van der Waals surface area contributed by atoms with Gasteiger partial charge in [-0.15, -0.1) is 0 Å². The third-order valence-electron chi connectivity index (χ3n) is 5.87. The average Bonchev–Trinajstić information content (AvgIpc) is 2.87. The number of para-hydroxylation sites is 1. The molecular formula is C31H30N2. The van der Waals surface area contributed by atoms with Crippen LogP contribution in [-0.4, -0.2) is 7.05 Å². The molecule has 0 saturated heterocycles. The maximum atomic E-state index is 4.03. The fourth-order valence-electron chi connectivity index (χ4n) is 4.13. The molecule has 0 atom stereocenters. The van der Waals surface area contributed by atoms with Crippen LogP contribution in [0.5, 0.6) is 0 Å². The molecule has 0 unspecified atom stereocenters. The second kappa shape index (κ2) is 10.1. The number of hydrogen-bond donors (Lipinski definition) is 0. The Bertz CT molecular complexity index is 1250. The minimum absolute atomic E-state index is 1.11. The maximum absolute atomic E-state index is 4.03. The van der Waals surface area contributed by atoms with E-state index in [0.717, 1.165) is 33.9 Å². The Kier molecular flexibility index (Phi) is 6.75. The van der Waals surface area contributed by atoms with Crippen LogP contribution in [-0.2, 0) is 0 Å². The van der Waals surface area contributed by atoms with Crippen LogP contribution in [0, 0.1) is 6.92 Å². The Morgan fingerprint density at radius 2 is 1.30 bits per heavy atom. The topological polar surface area (TPSA) is 6.48 Å². The molecule has 0 aliphatic carbocycles. The molecule has 0 aliphatic heterocycles. The van der Waals surface area contributed by atoms with Gasteiger partial charge in [-0.2, -0.15) is 0 Å². The first kappa shape index (κ1) is 22.2. The summed E-state index contributed by atoms with van der Waals surface area (Å²) >= 11 is 0. The molecule has 0 bridgehead atoms. The SMILES string of the molecule is C=Cc1ccccc1/C(=C\C)N(c1ccccc1)c1ccc(N(C)c2cccc(C)c2)cc1. The van der Waals surface area contributed by atoms with E-state index in [1.807, 2.05) is 6.08 Å². The predicted octanol–water partition coefficient (Wildman–Crippen LogP) is 8.61. The highest BCUT2D eigenvalue weighted by atomic mass is 15.2. The Balaban J connectivity index is 1.76. The van der Waals surface area contributed by atoms with Gasteiger partial charge in [-0.05, 0) is 73.5 Å². The summed E-state index contributed by atoms with van der Waals surface area (Å²) in [5, 5.41) is 0. The Morgan fingerprint density at radius 3 is 1.97 bits per heavy atom. The second-order valence-electron chi connectivity index (χ2n) is 8.05. The van der Waals surface area contributed by atoms with E-state index in [2.05, 4.69) is 146 Å². The minimum atomic E-state index is 1.11. The number of hydrogen-bond acceptors (Lipinski definition) is 2. The number of allylic oxidation sites excluding steroid dienone is 1. The molecule has 2 heteroatoms. The molecule has 2 nitrogen and oxygen atoms in total. The quantitative estimate of drug-likeness (QED) is 0.289. The summed E-state index contributed by atoms with van der Waals surface area (Å²) < 4.78 is 0. The maximum Gasteiger partial charge on any atom is 0.0497 e. The summed E-state index contributed by atoms with van der Waals surface area (Å²) in [6.45, 7) is 8.24. The number of aryl methyl sites for hydroxylation is 1. The van der Waals surface area contributed by atoms with Gasteiger partial charge in [0.2, 0.25) is 0 Å². The number of anilines is 4. The van der Waals surface area contributed by atoms with Crippen molar-refractivity contribution in [1.29, 1.82) is 0 Å². The summed E-state index contributed by atoms with van der Waals surface area (Å²) in [5.41, 5.74) is 9.19. The van der Waals surface area contributed by atoms with Crippen LogP contribution in [0.3, 0.4) is 0 Å². The summed E-state index contributed by atoms with van der Waals surface area (Å²) in [6, 6.07) is 36.2. The minimum Gasteiger partial charge on any atom is -0.345 e. The van der Waals surface area contributed by atoms with Gasteiger partial charge in [-0.1, -0.05) is 73.3 Å². The van der Waals surface area contributed by atoms with Gasteiger partial charge in [0, 0.05) is 41.1 Å². The molecule has 0 saturated carbocycles. The summed E-state index contributed by atoms with van der Waals surface area (Å²) in [6.07, 6.45) is 4.09. The fourth-order valence-corrected chi connectivity index (χ4v) is 4.13. The lowest BCUT2D eigenvalue weighted by atomic mass is 10.0. The Morgan fingerprint density at radius 1 is 0.697 bits per heavy atom. The molecular weight excluding hydrogens is 400 g/mol. The van der Waals surface area contributed by atoms with Crippen molar-refractivity contribution in [2.45, 2.75) is 13.8 Å². The predicted molar refractivity (Wildman–Crippen MR) is 144 cm³/mol. The summed E-state index contributed by atoms with van der Waals surface area (Å²) in [7, 11) is 2.11. The van der Waals surface area contributed by atoms with Crippen molar-refractivity contribution in [3.8, 4) is 0 Å². The zero-order valence-electron chi connectivity index (χ0n) is 19.6. The normalized spacial score (nSPS) is 11.2. The van der Waals surface area contributed by atoms with E-state index in [1.54, 1.807) is 0 Å². The molecule has 33 heavy (non-hydrogen) atoms. The van der Waals surface area contributed by atoms with Crippen LogP contribution in [0.1, 0.15) is 23.6 Å². The molecule has 0 N–H and O–H groups in total. The van der Waals surface area contributed by atoms with E-state index in [-0.39, 0.29) is 0 Å². The number of rotatable bonds is 7. The van der Waals surface area contributed by atoms with Crippen molar-refractivity contribution in [2.24, 2.45) is 0 Å². The van der Waals surface area contributed by atoms with Crippen molar-refractivity contribution in [3.63, 3.8) is 0 Å². The molecule has 0 radical (unpaired) electrons. The van der Waals surface area contributed by atoms with Crippen LogP contribution < -0.4 is 9.80 Å². The molecule has 0 aliphatic rings. The highest BCUT2D eigenvalue weighted by molar-refractivity contribution is 5.90. The number of benzene rings is 4. The van der Waals surface area contributed by atoms with E-state index in [1.165, 1.54) is 11.3 Å². The molecule has 0 fully saturated rings. The van der Waals surface area contributed by atoms with Crippen molar-refractivity contribution in [2.75, 3.05) is 16.8 Å².